The van der Waals surface area contributed by atoms with Crippen molar-refractivity contribution >= 4 is 30.3 Å². The van der Waals surface area contributed by atoms with E-state index in [1.165, 1.54) is 35.6 Å². The highest BCUT2D eigenvalue weighted by molar-refractivity contribution is 8.07. The number of rotatable bonds is 3. The minimum atomic E-state index is -0.495. The molecule has 1 spiro atoms. The molecular formula is C23H27OPS. The summed E-state index contributed by atoms with van der Waals surface area (Å²) in [7, 11) is -0.495. The minimum absolute atomic E-state index is 0.278. The number of hydrogen-bond acceptors (Lipinski definition) is 2. The second-order valence-electron chi connectivity index (χ2n) is 8.63. The Kier molecular flexibility index (Phi) is 4.23. The van der Waals surface area contributed by atoms with E-state index in [4.69, 9.17) is 4.74 Å². The molecule has 2 aliphatic carbocycles. The van der Waals surface area contributed by atoms with Crippen LogP contribution in [0.4, 0.5) is 0 Å². The van der Waals surface area contributed by atoms with Gasteiger partial charge in [0.15, 0.2) is 0 Å². The lowest BCUT2D eigenvalue weighted by molar-refractivity contribution is -0.0437. The van der Waals surface area contributed by atoms with E-state index < -0.39 is 7.92 Å². The molecule has 0 N–H and O–H groups in total. The average Bonchev–Trinajstić information content (AvgIpc) is 3.05. The predicted octanol–water partition coefficient (Wildman–Crippen LogP) is 5.36. The number of fused-ring (bicyclic) bond motifs is 1. The summed E-state index contributed by atoms with van der Waals surface area (Å²) in [5, 5.41) is 3.15. The Balaban J connectivity index is 1.48. The van der Waals surface area contributed by atoms with Gasteiger partial charge in [-0.1, -0.05) is 74.5 Å². The smallest absolute Gasteiger partial charge is 0.130 e. The van der Waals surface area contributed by atoms with Gasteiger partial charge in [-0.25, -0.2) is 0 Å². The van der Waals surface area contributed by atoms with Crippen molar-refractivity contribution in [3.63, 3.8) is 0 Å². The molecule has 4 unspecified atom stereocenters. The molecule has 4 atom stereocenters. The molecule has 2 aromatic rings. The summed E-state index contributed by atoms with van der Waals surface area (Å²) in [6, 6.07) is 22.1. The van der Waals surface area contributed by atoms with Crippen molar-refractivity contribution in [2.45, 2.75) is 44.4 Å². The molecule has 2 aromatic carbocycles. The number of thioether (sulfide) groups is 1. The van der Waals surface area contributed by atoms with Crippen LogP contribution in [0.25, 0.3) is 0 Å². The first kappa shape index (κ1) is 17.3. The standard InChI is InChI=1S/C23H27OPS/c1-22(2)17-13-14-23(22)16-26-21(24-20(23)15-17)25(18-9-5-3-6-10-18)19-11-7-4-8-12-19/h3-12,17,20-21H,13-16H2,1-2H3. The van der Waals surface area contributed by atoms with E-state index in [2.05, 4.69) is 86.3 Å². The van der Waals surface area contributed by atoms with Crippen LogP contribution in [-0.2, 0) is 4.74 Å². The fourth-order valence-electron chi connectivity index (χ4n) is 5.64. The quantitative estimate of drug-likeness (QED) is 0.661. The molecule has 26 heavy (non-hydrogen) atoms. The van der Waals surface area contributed by atoms with Crippen LogP contribution in [0.3, 0.4) is 0 Å². The first-order chi connectivity index (χ1) is 12.6. The van der Waals surface area contributed by atoms with Gasteiger partial charge in [-0.05, 0) is 49.1 Å². The molecule has 1 saturated heterocycles. The number of ether oxygens (including phenoxy) is 1. The summed E-state index contributed by atoms with van der Waals surface area (Å²) >= 11 is 2.10. The van der Waals surface area contributed by atoms with Crippen LogP contribution in [0, 0.1) is 16.7 Å². The second-order valence-corrected chi connectivity index (χ2v) is 12.3. The van der Waals surface area contributed by atoms with Crippen LogP contribution in [0.1, 0.15) is 33.1 Å². The van der Waals surface area contributed by atoms with Crippen molar-refractivity contribution in [2.75, 3.05) is 5.75 Å². The zero-order chi connectivity index (χ0) is 17.8. The molecule has 1 nitrogen and oxygen atoms in total. The molecule has 3 heteroatoms. The first-order valence-corrected chi connectivity index (χ1v) is 12.2. The van der Waals surface area contributed by atoms with Crippen LogP contribution < -0.4 is 10.6 Å². The normalized spacial score (nSPS) is 34.8. The summed E-state index contributed by atoms with van der Waals surface area (Å²) in [6.07, 6.45) is 4.50. The van der Waals surface area contributed by atoms with Gasteiger partial charge < -0.3 is 4.74 Å². The van der Waals surface area contributed by atoms with Gasteiger partial charge in [-0.3, -0.25) is 0 Å². The highest BCUT2D eigenvalue weighted by Crippen LogP contribution is 2.70. The summed E-state index contributed by atoms with van der Waals surface area (Å²) in [5.74, 6) is 2.12. The average molecular weight is 383 g/mol. The van der Waals surface area contributed by atoms with E-state index in [1.807, 2.05) is 0 Å². The third-order valence-corrected chi connectivity index (χ3v) is 11.8. The molecule has 2 bridgehead atoms. The Bertz CT molecular complexity index is 738. The molecule has 5 rings (SSSR count). The summed E-state index contributed by atoms with van der Waals surface area (Å²) < 4.78 is 6.93. The molecule has 3 fully saturated rings. The van der Waals surface area contributed by atoms with Gasteiger partial charge in [0.25, 0.3) is 0 Å². The number of benzene rings is 2. The van der Waals surface area contributed by atoms with Gasteiger partial charge in [0.05, 0.1) is 6.10 Å². The molecule has 1 aliphatic heterocycles. The lowest BCUT2D eigenvalue weighted by Gasteiger charge is -2.48. The number of hydrogen-bond donors (Lipinski definition) is 0. The van der Waals surface area contributed by atoms with Crippen molar-refractivity contribution in [3.05, 3.63) is 60.7 Å². The molecule has 0 radical (unpaired) electrons. The third kappa shape index (κ3) is 2.45. The maximum atomic E-state index is 6.93. The van der Waals surface area contributed by atoms with Crippen LogP contribution in [0.15, 0.2) is 60.7 Å². The van der Waals surface area contributed by atoms with E-state index >= 15 is 0 Å². The largest absolute Gasteiger partial charge is 0.359 e. The van der Waals surface area contributed by atoms with Gasteiger partial charge in [0.2, 0.25) is 0 Å². The lowest BCUT2D eigenvalue weighted by Crippen LogP contribution is -2.47. The zero-order valence-electron chi connectivity index (χ0n) is 15.6. The van der Waals surface area contributed by atoms with E-state index in [0.29, 0.717) is 16.9 Å². The Hall–Kier alpha value is -0.820. The van der Waals surface area contributed by atoms with Crippen LogP contribution in [0.5, 0.6) is 0 Å². The van der Waals surface area contributed by atoms with Gasteiger partial charge in [-0.2, -0.15) is 0 Å². The molecule has 0 amide bonds. The highest BCUT2D eigenvalue weighted by atomic mass is 32.2. The monoisotopic (exact) mass is 382 g/mol. The maximum absolute atomic E-state index is 6.93. The lowest BCUT2D eigenvalue weighted by atomic mass is 9.69. The van der Waals surface area contributed by atoms with E-state index in [1.54, 1.807) is 0 Å². The van der Waals surface area contributed by atoms with Crippen LogP contribution in [0.2, 0.25) is 0 Å². The highest BCUT2D eigenvalue weighted by Gasteiger charge is 2.66. The van der Waals surface area contributed by atoms with Crippen molar-refractivity contribution < 1.29 is 4.74 Å². The Morgan fingerprint density at radius 2 is 1.58 bits per heavy atom. The fraction of sp³-hybridized carbons (Fsp3) is 0.478. The molecule has 1 heterocycles. The fourth-order valence-corrected chi connectivity index (χ4v) is 10.6. The van der Waals surface area contributed by atoms with Gasteiger partial charge >= 0.3 is 0 Å². The Morgan fingerprint density at radius 3 is 2.15 bits per heavy atom. The predicted molar refractivity (Wildman–Crippen MR) is 114 cm³/mol. The van der Waals surface area contributed by atoms with E-state index in [-0.39, 0.29) is 5.18 Å². The van der Waals surface area contributed by atoms with Crippen molar-refractivity contribution in [3.8, 4) is 0 Å². The topological polar surface area (TPSA) is 9.23 Å². The summed E-state index contributed by atoms with van der Waals surface area (Å²) in [5.41, 5.74) is 0.852. The van der Waals surface area contributed by atoms with Gasteiger partial charge in [0, 0.05) is 11.2 Å². The van der Waals surface area contributed by atoms with Crippen LogP contribution in [-0.4, -0.2) is 17.0 Å². The van der Waals surface area contributed by atoms with Crippen molar-refractivity contribution in [1.82, 2.24) is 0 Å². The molecule has 0 aromatic heterocycles. The van der Waals surface area contributed by atoms with Gasteiger partial charge in [0.1, 0.15) is 5.18 Å². The molecule has 3 aliphatic rings. The minimum Gasteiger partial charge on any atom is -0.359 e. The molecular weight excluding hydrogens is 355 g/mol. The SMILES string of the molecule is CC1(C)C2CCC13CSC(P(c1ccccc1)c1ccccc1)OC3C2. The first-order valence-electron chi connectivity index (χ1n) is 9.78. The third-order valence-electron chi connectivity index (χ3n) is 7.40. The van der Waals surface area contributed by atoms with Gasteiger partial charge in [-0.15, -0.1) is 11.8 Å². The molecule has 136 valence electrons. The maximum Gasteiger partial charge on any atom is 0.130 e. The Morgan fingerprint density at radius 1 is 0.962 bits per heavy atom. The second kappa shape index (κ2) is 6.36. The van der Waals surface area contributed by atoms with Crippen molar-refractivity contribution in [2.24, 2.45) is 16.7 Å². The zero-order valence-corrected chi connectivity index (χ0v) is 17.3. The van der Waals surface area contributed by atoms with E-state index in [9.17, 15) is 0 Å². The Labute approximate surface area is 162 Å². The van der Waals surface area contributed by atoms with E-state index in [0.717, 1.165) is 5.92 Å². The van der Waals surface area contributed by atoms with Crippen LogP contribution >= 0.6 is 19.7 Å². The molecule has 2 saturated carbocycles. The summed E-state index contributed by atoms with van der Waals surface area (Å²) in [6.45, 7) is 5.01. The summed E-state index contributed by atoms with van der Waals surface area (Å²) in [4.78, 5) is 0. The van der Waals surface area contributed by atoms with Crippen molar-refractivity contribution in [1.29, 1.82) is 0 Å².